The van der Waals surface area contributed by atoms with Gasteiger partial charge in [-0.25, -0.2) is 9.97 Å². The third-order valence-electron chi connectivity index (χ3n) is 3.78. The number of nitrogens with one attached hydrogen (secondary N) is 2. The predicted molar refractivity (Wildman–Crippen MR) is 72.9 cm³/mol. The highest BCUT2D eigenvalue weighted by Crippen LogP contribution is 2.34. The molecule has 0 bridgehead atoms. The van der Waals surface area contributed by atoms with E-state index in [2.05, 4.69) is 27.5 Å². The molecule has 3 N–H and O–H groups in total. The predicted octanol–water partition coefficient (Wildman–Crippen LogP) is 1.80. The van der Waals surface area contributed by atoms with E-state index in [1.165, 1.54) is 12.8 Å². The van der Waals surface area contributed by atoms with Crippen molar-refractivity contribution in [1.82, 2.24) is 9.97 Å². The van der Waals surface area contributed by atoms with E-state index in [-0.39, 0.29) is 12.1 Å². The van der Waals surface area contributed by atoms with Crippen LogP contribution in [0.15, 0.2) is 6.33 Å². The number of aliphatic hydroxyl groups excluding tert-OH is 1. The molecule has 1 aromatic heterocycles. The molecule has 18 heavy (non-hydrogen) atoms. The Hall–Kier alpha value is -1.36. The van der Waals surface area contributed by atoms with Gasteiger partial charge in [0.1, 0.15) is 18.0 Å². The average Bonchev–Trinajstić information content (AvgIpc) is 2.87. The van der Waals surface area contributed by atoms with Crippen LogP contribution in [0.5, 0.6) is 0 Å². The van der Waals surface area contributed by atoms with Gasteiger partial charge in [-0.15, -0.1) is 0 Å². The fourth-order valence-electron chi connectivity index (χ4n) is 2.70. The Balaban J connectivity index is 2.27. The van der Waals surface area contributed by atoms with Gasteiger partial charge < -0.3 is 15.7 Å². The first-order valence-electron chi connectivity index (χ1n) is 6.65. The maximum absolute atomic E-state index is 9.65. The smallest absolute Gasteiger partial charge is 0.135 e. The van der Waals surface area contributed by atoms with Crippen molar-refractivity contribution in [3.05, 3.63) is 11.9 Å². The fraction of sp³-hybridized carbons (Fsp3) is 0.692. The molecule has 0 saturated heterocycles. The normalized spacial score (nSPS) is 17.7. The van der Waals surface area contributed by atoms with Crippen LogP contribution >= 0.6 is 0 Å². The molecule has 2 rings (SSSR count). The highest BCUT2D eigenvalue weighted by Gasteiger charge is 2.34. The minimum absolute atomic E-state index is 0.162. The second kappa shape index (κ2) is 5.52. The minimum Gasteiger partial charge on any atom is -0.394 e. The van der Waals surface area contributed by atoms with Gasteiger partial charge in [0.2, 0.25) is 0 Å². The van der Waals surface area contributed by atoms with E-state index in [1.54, 1.807) is 6.33 Å². The summed E-state index contributed by atoms with van der Waals surface area (Å²) in [7, 11) is 1.86. The van der Waals surface area contributed by atoms with Crippen LogP contribution in [0, 0.1) is 0 Å². The SMILES string of the molecule is CCc1c(NC)ncnc1NC1(CO)CCCC1. The molecule has 1 aromatic rings. The Bertz CT molecular complexity index is 402. The molecule has 5 heteroatoms. The summed E-state index contributed by atoms with van der Waals surface area (Å²) >= 11 is 0. The standard InChI is InChI=1S/C13H22N4O/c1-3-10-11(14-2)15-9-16-12(10)17-13(8-18)6-4-5-7-13/h9,18H,3-8H2,1-2H3,(H2,14,15,16,17). The molecule has 1 saturated carbocycles. The molecule has 100 valence electrons. The van der Waals surface area contributed by atoms with Gasteiger partial charge in [-0.05, 0) is 19.3 Å². The summed E-state index contributed by atoms with van der Waals surface area (Å²) in [5.74, 6) is 1.72. The van der Waals surface area contributed by atoms with Crippen molar-refractivity contribution in [3.63, 3.8) is 0 Å². The molecular formula is C13H22N4O. The van der Waals surface area contributed by atoms with Crippen molar-refractivity contribution in [2.45, 2.75) is 44.6 Å². The summed E-state index contributed by atoms with van der Waals surface area (Å²) in [6.07, 6.45) is 6.77. The maximum Gasteiger partial charge on any atom is 0.135 e. The van der Waals surface area contributed by atoms with Crippen molar-refractivity contribution < 1.29 is 5.11 Å². The van der Waals surface area contributed by atoms with Gasteiger partial charge in [0, 0.05) is 12.6 Å². The van der Waals surface area contributed by atoms with E-state index in [1.807, 2.05) is 7.05 Å². The average molecular weight is 250 g/mol. The van der Waals surface area contributed by atoms with Crippen LogP contribution in [0.4, 0.5) is 11.6 Å². The van der Waals surface area contributed by atoms with Crippen LogP contribution in [0.3, 0.4) is 0 Å². The number of hydrogen-bond donors (Lipinski definition) is 3. The molecule has 5 nitrogen and oxygen atoms in total. The molecule has 0 radical (unpaired) electrons. The van der Waals surface area contributed by atoms with E-state index in [9.17, 15) is 5.11 Å². The molecule has 1 fully saturated rings. The second-order valence-corrected chi connectivity index (χ2v) is 4.92. The van der Waals surface area contributed by atoms with E-state index in [4.69, 9.17) is 0 Å². The van der Waals surface area contributed by atoms with Gasteiger partial charge in [-0.1, -0.05) is 19.8 Å². The summed E-state index contributed by atoms with van der Waals surface area (Å²) < 4.78 is 0. The molecule has 1 aliphatic rings. The first-order valence-corrected chi connectivity index (χ1v) is 6.65. The lowest BCUT2D eigenvalue weighted by Gasteiger charge is -2.29. The highest BCUT2D eigenvalue weighted by molar-refractivity contribution is 5.58. The summed E-state index contributed by atoms with van der Waals surface area (Å²) in [5.41, 5.74) is 0.892. The molecular weight excluding hydrogens is 228 g/mol. The topological polar surface area (TPSA) is 70.1 Å². The zero-order valence-electron chi connectivity index (χ0n) is 11.2. The molecule has 0 spiro atoms. The van der Waals surface area contributed by atoms with Crippen molar-refractivity contribution in [1.29, 1.82) is 0 Å². The van der Waals surface area contributed by atoms with Gasteiger partial charge >= 0.3 is 0 Å². The van der Waals surface area contributed by atoms with Crippen molar-refractivity contribution in [2.75, 3.05) is 24.3 Å². The zero-order chi connectivity index (χ0) is 13.0. The Morgan fingerprint density at radius 3 is 2.50 bits per heavy atom. The van der Waals surface area contributed by atoms with Crippen LogP contribution in [0.1, 0.15) is 38.2 Å². The van der Waals surface area contributed by atoms with Gasteiger partial charge in [-0.3, -0.25) is 0 Å². The molecule has 0 amide bonds. The maximum atomic E-state index is 9.65. The van der Waals surface area contributed by atoms with Crippen LogP contribution in [0.2, 0.25) is 0 Å². The summed E-state index contributed by atoms with van der Waals surface area (Å²) in [4.78, 5) is 8.57. The highest BCUT2D eigenvalue weighted by atomic mass is 16.3. The second-order valence-electron chi connectivity index (χ2n) is 4.92. The molecule has 1 heterocycles. The van der Waals surface area contributed by atoms with E-state index >= 15 is 0 Å². The number of aromatic nitrogens is 2. The van der Waals surface area contributed by atoms with Crippen LogP contribution in [0.25, 0.3) is 0 Å². The van der Waals surface area contributed by atoms with Gasteiger partial charge in [0.05, 0.1) is 12.1 Å². The number of anilines is 2. The monoisotopic (exact) mass is 250 g/mol. The van der Waals surface area contributed by atoms with Crippen molar-refractivity contribution in [3.8, 4) is 0 Å². The van der Waals surface area contributed by atoms with Crippen molar-refractivity contribution >= 4 is 11.6 Å². The third kappa shape index (κ3) is 2.41. The summed E-state index contributed by atoms with van der Waals surface area (Å²) in [6.45, 7) is 2.25. The van der Waals surface area contributed by atoms with E-state index < -0.39 is 0 Å². The largest absolute Gasteiger partial charge is 0.394 e. The lowest BCUT2D eigenvalue weighted by atomic mass is 9.98. The van der Waals surface area contributed by atoms with Gasteiger partial charge in [0.25, 0.3) is 0 Å². The Labute approximate surface area is 108 Å². The van der Waals surface area contributed by atoms with Crippen LogP contribution in [-0.2, 0) is 6.42 Å². The number of hydrogen-bond acceptors (Lipinski definition) is 5. The van der Waals surface area contributed by atoms with Crippen molar-refractivity contribution in [2.24, 2.45) is 0 Å². The van der Waals surface area contributed by atoms with E-state index in [0.29, 0.717) is 0 Å². The lowest BCUT2D eigenvalue weighted by molar-refractivity contribution is 0.213. The Morgan fingerprint density at radius 1 is 1.28 bits per heavy atom. The number of rotatable bonds is 5. The molecule has 1 aliphatic carbocycles. The molecule has 0 unspecified atom stereocenters. The first-order chi connectivity index (χ1) is 8.74. The minimum atomic E-state index is -0.191. The van der Waals surface area contributed by atoms with Gasteiger partial charge in [-0.2, -0.15) is 0 Å². The van der Waals surface area contributed by atoms with Crippen LogP contribution < -0.4 is 10.6 Å². The zero-order valence-corrected chi connectivity index (χ0v) is 11.2. The van der Waals surface area contributed by atoms with Gasteiger partial charge in [0.15, 0.2) is 0 Å². The third-order valence-corrected chi connectivity index (χ3v) is 3.78. The number of nitrogens with zero attached hydrogens (tertiary/aromatic N) is 2. The summed E-state index contributed by atoms with van der Waals surface area (Å²) in [5, 5.41) is 16.2. The van der Waals surface area contributed by atoms with Crippen LogP contribution in [-0.4, -0.2) is 34.3 Å². The Morgan fingerprint density at radius 2 is 1.94 bits per heavy atom. The fourth-order valence-corrected chi connectivity index (χ4v) is 2.70. The quantitative estimate of drug-likeness (QED) is 0.743. The number of aliphatic hydroxyl groups is 1. The lowest BCUT2D eigenvalue weighted by Crippen LogP contribution is -2.39. The molecule has 0 atom stereocenters. The first kappa shape index (κ1) is 13.1. The molecule has 0 aromatic carbocycles. The van der Waals surface area contributed by atoms with E-state index in [0.717, 1.165) is 36.5 Å². The summed E-state index contributed by atoms with van der Waals surface area (Å²) in [6, 6.07) is 0. The molecule has 0 aliphatic heterocycles. The Kier molecular flexibility index (Phi) is 4.01.